The molecule has 0 saturated carbocycles. The van der Waals surface area contributed by atoms with Crippen molar-refractivity contribution in [3.8, 4) is 11.5 Å². The van der Waals surface area contributed by atoms with Gasteiger partial charge in [0.05, 0.1) is 31.3 Å². The summed E-state index contributed by atoms with van der Waals surface area (Å²) in [5, 5.41) is 3.25. The van der Waals surface area contributed by atoms with Crippen molar-refractivity contribution < 1.29 is 14.3 Å². The number of aromatic nitrogens is 2. The van der Waals surface area contributed by atoms with Crippen molar-refractivity contribution in [2.24, 2.45) is 0 Å². The maximum atomic E-state index is 12.9. The fraction of sp³-hybridized carbons (Fsp3) is 0.292. The number of likely N-dealkylation sites (tertiary alicyclic amines) is 1. The topological polar surface area (TPSA) is 116 Å². The Morgan fingerprint density at radius 3 is 2.57 bits per heavy atom. The van der Waals surface area contributed by atoms with Crippen molar-refractivity contribution in [3.63, 3.8) is 0 Å². The summed E-state index contributed by atoms with van der Waals surface area (Å²) < 4.78 is 10.7. The Labute approximate surface area is 202 Å². The molecular formula is C24H26N8O3. The number of methoxy groups -OCH3 is 2. The van der Waals surface area contributed by atoms with Crippen LogP contribution in [0.4, 0.5) is 23.0 Å². The zero-order valence-electron chi connectivity index (χ0n) is 19.5. The predicted molar refractivity (Wildman–Crippen MR) is 131 cm³/mol. The van der Waals surface area contributed by atoms with Crippen molar-refractivity contribution in [2.45, 2.75) is 19.1 Å². The van der Waals surface area contributed by atoms with Gasteiger partial charge in [-0.2, -0.15) is 0 Å². The van der Waals surface area contributed by atoms with E-state index in [9.17, 15) is 4.79 Å². The summed E-state index contributed by atoms with van der Waals surface area (Å²) in [4.78, 5) is 26.4. The highest BCUT2D eigenvalue weighted by atomic mass is 16.5. The van der Waals surface area contributed by atoms with Gasteiger partial charge in [0, 0.05) is 73.4 Å². The molecule has 2 aromatic carbocycles. The Bertz CT molecular complexity index is 1270. The molecule has 11 heteroatoms. The predicted octanol–water partition coefficient (Wildman–Crippen LogP) is 2.33. The number of fused-ring (bicyclic) bond motifs is 2. The summed E-state index contributed by atoms with van der Waals surface area (Å²) in [5.74, 6) is 1.95. The number of amides is 1. The standard InChI is InChI=1S/C24H26N8O3/c1-34-18-6-16(7-19(8-18)35-2)26-24-25-9-15-10-31(13-22(15)27-24)17-11-32(12-17)23(33)14-3-4-20-21(5-14)29-30-28-20/h3-9,17,28-30H,10-13H2,1-2H3,(H,25,26,27). The fourth-order valence-corrected chi connectivity index (χ4v) is 4.60. The number of benzene rings is 2. The first-order valence-electron chi connectivity index (χ1n) is 11.4. The molecule has 3 aromatic rings. The molecule has 0 bridgehead atoms. The van der Waals surface area contributed by atoms with E-state index in [1.165, 1.54) is 0 Å². The van der Waals surface area contributed by atoms with Gasteiger partial charge >= 0.3 is 0 Å². The number of hydrogen-bond donors (Lipinski definition) is 4. The van der Waals surface area contributed by atoms with Crippen LogP contribution in [0.1, 0.15) is 21.6 Å². The molecule has 1 aromatic heterocycles. The number of hydrogen-bond acceptors (Lipinski definition) is 10. The van der Waals surface area contributed by atoms with Crippen LogP contribution < -0.4 is 31.2 Å². The molecule has 0 atom stereocenters. The molecule has 4 heterocycles. The molecule has 1 amide bonds. The average Bonchev–Trinajstić information content (AvgIpc) is 3.48. The van der Waals surface area contributed by atoms with Gasteiger partial charge in [-0.25, -0.2) is 9.97 Å². The average molecular weight is 475 g/mol. The van der Waals surface area contributed by atoms with Gasteiger partial charge in [0.2, 0.25) is 5.95 Å². The lowest BCUT2D eigenvalue weighted by atomic mass is 10.0. The molecule has 35 heavy (non-hydrogen) atoms. The van der Waals surface area contributed by atoms with Gasteiger partial charge < -0.3 is 30.5 Å². The number of nitrogens with zero attached hydrogens (tertiary/aromatic N) is 4. The lowest BCUT2D eigenvalue weighted by Crippen LogP contribution is -2.59. The maximum Gasteiger partial charge on any atom is 0.254 e. The van der Waals surface area contributed by atoms with Gasteiger partial charge in [-0.05, 0) is 18.2 Å². The van der Waals surface area contributed by atoms with Crippen molar-refractivity contribution in [1.29, 1.82) is 0 Å². The highest BCUT2D eigenvalue weighted by Crippen LogP contribution is 2.31. The molecule has 0 radical (unpaired) electrons. The number of anilines is 4. The minimum Gasteiger partial charge on any atom is -0.497 e. The molecular weight excluding hydrogens is 448 g/mol. The first kappa shape index (κ1) is 21.4. The zero-order chi connectivity index (χ0) is 23.9. The minimum absolute atomic E-state index is 0.0504. The summed E-state index contributed by atoms with van der Waals surface area (Å²) in [5.41, 5.74) is 14.2. The smallest absolute Gasteiger partial charge is 0.254 e. The van der Waals surface area contributed by atoms with E-state index in [0.717, 1.165) is 41.4 Å². The van der Waals surface area contributed by atoms with Gasteiger partial charge in [-0.1, -0.05) is 0 Å². The monoisotopic (exact) mass is 474 g/mol. The van der Waals surface area contributed by atoms with E-state index < -0.39 is 0 Å². The van der Waals surface area contributed by atoms with E-state index >= 15 is 0 Å². The number of carbonyl (C=O) groups excluding carboxylic acids is 1. The highest BCUT2D eigenvalue weighted by molar-refractivity contribution is 5.97. The van der Waals surface area contributed by atoms with Gasteiger partial charge in [0.1, 0.15) is 11.5 Å². The molecule has 0 unspecified atom stereocenters. The van der Waals surface area contributed by atoms with Gasteiger partial charge in [0.15, 0.2) is 0 Å². The van der Waals surface area contributed by atoms with Gasteiger partial charge in [-0.15, -0.1) is 5.53 Å². The molecule has 1 fully saturated rings. The van der Waals surface area contributed by atoms with E-state index in [1.807, 2.05) is 47.5 Å². The third-order valence-corrected chi connectivity index (χ3v) is 6.61. The number of nitrogens with one attached hydrogen (secondary N) is 4. The van der Waals surface area contributed by atoms with E-state index in [0.29, 0.717) is 42.1 Å². The van der Waals surface area contributed by atoms with Crippen LogP contribution >= 0.6 is 0 Å². The Morgan fingerprint density at radius 1 is 1.03 bits per heavy atom. The zero-order valence-corrected chi connectivity index (χ0v) is 19.5. The molecule has 6 rings (SSSR count). The van der Waals surface area contributed by atoms with Crippen LogP contribution in [0, 0.1) is 0 Å². The molecule has 11 nitrogen and oxygen atoms in total. The van der Waals surface area contributed by atoms with Gasteiger partial charge in [0.25, 0.3) is 5.91 Å². The van der Waals surface area contributed by atoms with E-state index in [4.69, 9.17) is 14.5 Å². The molecule has 1 saturated heterocycles. The Hall–Kier alpha value is -4.09. The second kappa shape index (κ2) is 8.60. The summed E-state index contributed by atoms with van der Waals surface area (Å²) in [6, 6.07) is 11.5. The number of ether oxygens (including phenoxy) is 2. The summed E-state index contributed by atoms with van der Waals surface area (Å²) in [6.07, 6.45) is 1.88. The fourth-order valence-electron chi connectivity index (χ4n) is 4.60. The van der Waals surface area contributed by atoms with Gasteiger partial charge in [-0.3, -0.25) is 9.69 Å². The number of rotatable bonds is 6. The highest BCUT2D eigenvalue weighted by Gasteiger charge is 2.38. The van der Waals surface area contributed by atoms with Crippen molar-refractivity contribution in [1.82, 2.24) is 25.3 Å². The largest absolute Gasteiger partial charge is 0.497 e. The van der Waals surface area contributed by atoms with E-state index in [2.05, 4.69) is 31.6 Å². The van der Waals surface area contributed by atoms with Crippen LogP contribution in [0.25, 0.3) is 0 Å². The summed E-state index contributed by atoms with van der Waals surface area (Å²) in [6.45, 7) is 2.93. The van der Waals surface area contributed by atoms with E-state index in [1.54, 1.807) is 14.2 Å². The normalized spacial score (nSPS) is 16.6. The van der Waals surface area contributed by atoms with Crippen molar-refractivity contribution in [3.05, 3.63) is 59.4 Å². The second-order valence-electron chi connectivity index (χ2n) is 8.80. The Balaban J connectivity index is 1.08. The summed E-state index contributed by atoms with van der Waals surface area (Å²) in [7, 11) is 3.23. The Morgan fingerprint density at radius 2 is 1.80 bits per heavy atom. The second-order valence-corrected chi connectivity index (χ2v) is 8.80. The van der Waals surface area contributed by atoms with Crippen LogP contribution in [0.3, 0.4) is 0 Å². The molecule has 0 spiro atoms. The lowest BCUT2D eigenvalue weighted by molar-refractivity contribution is 0.0249. The van der Waals surface area contributed by atoms with Crippen LogP contribution in [0.15, 0.2) is 42.6 Å². The molecule has 180 valence electrons. The van der Waals surface area contributed by atoms with Crippen LogP contribution in [-0.4, -0.2) is 59.0 Å². The molecule has 3 aliphatic rings. The first-order chi connectivity index (χ1) is 17.1. The third kappa shape index (κ3) is 4.04. The maximum absolute atomic E-state index is 12.9. The lowest BCUT2D eigenvalue weighted by Gasteiger charge is -2.44. The quantitative estimate of drug-likeness (QED) is 0.424. The van der Waals surface area contributed by atoms with Crippen LogP contribution in [0.5, 0.6) is 11.5 Å². The first-order valence-corrected chi connectivity index (χ1v) is 11.4. The minimum atomic E-state index is 0.0504. The Kier molecular flexibility index (Phi) is 5.27. The SMILES string of the molecule is COc1cc(Nc2ncc3c(n2)CN(C2CN(C(=O)c4ccc5c(c4)NNN5)C2)C3)cc(OC)c1. The van der Waals surface area contributed by atoms with E-state index in [-0.39, 0.29) is 5.91 Å². The third-order valence-electron chi connectivity index (χ3n) is 6.61. The number of hydrazine groups is 2. The number of carbonyl (C=O) groups is 1. The van der Waals surface area contributed by atoms with Crippen molar-refractivity contribution >= 4 is 28.9 Å². The van der Waals surface area contributed by atoms with Crippen molar-refractivity contribution in [2.75, 3.05) is 43.5 Å². The summed E-state index contributed by atoms with van der Waals surface area (Å²) >= 11 is 0. The molecule has 3 aliphatic heterocycles. The van der Waals surface area contributed by atoms with Crippen LogP contribution in [0.2, 0.25) is 0 Å². The molecule has 0 aliphatic carbocycles. The molecule has 4 N–H and O–H groups in total. The van der Waals surface area contributed by atoms with Crippen LogP contribution in [-0.2, 0) is 13.1 Å².